The first-order valence-electron chi connectivity index (χ1n) is 12.4. The number of halogens is 1. The Balaban J connectivity index is 1.57. The molecule has 1 amide bonds. The maximum absolute atomic E-state index is 14.0. The number of carbonyl (C=O) groups is 1. The lowest BCUT2D eigenvalue weighted by Gasteiger charge is -2.26. The molecule has 1 aliphatic rings. The molecule has 1 N–H and O–H groups in total. The quantitative estimate of drug-likeness (QED) is 0.474. The minimum absolute atomic E-state index is 0.0392. The van der Waals surface area contributed by atoms with Gasteiger partial charge in [-0.25, -0.2) is 9.37 Å². The number of hydrogen-bond acceptors (Lipinski definition) is 4. The topological polar surface area (TPSA) is 59.4 Å². The lowest BCUT2D eigenvalue weighted by molar-refractivity contribution is -0.122. The Kier molecular flexibility index (Phi) is 8.18. The number of piperidine rings is 1. The van der Waals surface area contributed by atoms with Crippen LogP contribution in [0.4, 0.5) is 4.39 Å². The van der Waals surface area contributed by atoms with Crippen molar-refractivity contribution in [2.24, 2.45) is 0 Å². The molecule has 0 radical (unpaired) electrons. The summed E-state index contributed by atoms with van der Waals surface area (Å²) in [6.45, 7) is 7.48. The van der Waals surface area contributed by atoms with Gasteiger partial charge in [0.15, 0.2) is 11.6 Å². The van der Waals surface area contributed by atoms with E-state index in [-0.39, 0.29) is 24.2 Å². The van der Waals surface area contributed by atoms with Crippen LogP contribution in [-0.4, -0.2) is 53.1 Å². The van der Waals surface area contributed by atoms with Crippen LogP contribution in [0.15, 0.2) is 48.7 Å². The summed E-state index contributed by atoms with van der Waals surface area (Å²) in [7, 11) is 1.43. The Labute approximate surface area is 207 Å². The number of aromatic nitrogens is 2. The highest BCUT2D eigenvalue weighted by molar-refractivity contribution is 5.77. The summed E-state index contributed by atoms with van der Waals surface area (Å²) in [4.78, 5) is 19.9. The van der Waals surface area contributed by atoms with Crippen LogP contribution in [0.2, 0.25) is 0 Å². The van der Waals surface area contributed by atoms with Crippen molar-refractivity contribution in [2.45, 2.75) is 52.1 Å². The van der Waals surface area contributed by atoms with E-state index in [1.807, 2.05) is 24.6 Å². The first-order valence-corrected chi connectivity index (χ1v) is 12.4. The zero-order chi connectivity index (χ0) is 24.8. The fourth-order valence-corrected chi connectivity index (χ4v) is 4.54. The zero-order valence-corrected chi connectivity index (χ0v) is 20.9. The number of hydrogen-bond donors (Lipinski definition) is 1. The Hall–Kier alpha value is -3.19. The first kappa shape index (κ1) is 24.9. The summed E-state index contributed by atoms with van der Waals surface area (Å²) < 4.78 is 21.0. The Morgan fingerprint density at radius 1 is 1.09 bits per heavy atom. The number of carbonyl (C=O) groups excluding carboxylic acids is 1. The average molecular weight is 479 g/mol. The van der Waals surface area contributed by atoms with Gasteiger partial charge in [-0.05, 0) is 70.0 Å². The molecule has 1 saturated heterocycles. The van der Waals surface area contributed by atoms with Gasteiger partial charge in [0.25, 0.3) is 0 Å². The predicted octanol–water partition coefficient (Wildman–Crippen LogP) is 4.92. The lowest BCUT2D eigenvalue weighted by atomic mass is 10.1. The highest BCUT2D eigenvalue weighted by Crippen LogP contribution is 2.29. The summed E-state index contributed by atoms with van der Waals surface area (Å²) in [6, 6.07) is 13.2. The molecular formula is C28H35FN4O2. The molecule has 2 heterocycles. The van der Waals surface area contributed by atoms with E-state index in [4.69, 9.17) is 9.72 Å². The number of amides is 1. The van der Waals surface area contributed by atoms with E-state index >= 15 is 0 Å². The van der Waals surface area contributed by atoms with E-state index in [1.54, 1.807) is 12.1 Å². The van der Waals surface area contributed by atoms with Gasteiger partial charge in [0.2, 0.25) is 5.91 Å². The number of imidazole rings is 1. The average Bonchev–Trinajstić information content (AvgIpc) is 3.27. The van der Waals surface area contributed by atoms with Crippen molar-refractivity contribution >= 4 is 5.91 Å². The van der Waals surface area contributed by atoms with Crippen molar-refractivity contribution < 1.29 is 13.9 Å². The molecule has 35 heavy (non-hydrogen) atoms. The van der Waals surface area contributed by atoms with Crippen LogP contribution >= 0.6 is 0 Å². The van der Waals surface area contributed by atoms with E-state index in [2.05, 4.69) is 34.5 Å². The van der Waals surface area contributed by atoms with Crippen LogP contribution in [0.1, 0.15) is 38.7 Å². The number of nitrogens with one attached hydrogen (secondary N) is 1. The van der Waals surface area contributed by atoms with Crippen LogP contribution < -0.4 is 10.1 Å². The SMILES string of the molecule is COc1cc(-c2nc(-c3ccc(CCN4CCCCC4)cc3)cn2CC(=O)NC(C)C)ccc1F. The summed E-state index contributed by atoms with van der Waals surface area (Å²) >= 11 is 0. The van der Waals surface area contributed by atoms with Gasteiger partial charge in [-0.1, -0.05) is 30.7 Å². The van der Waals surface area contributed by atoms with Crippen molar-refractivity contribution in [2.75, 3.05) is 26.7 Å². The molecule has 1 aliphatic heterocycles. The van der Waals surface area contributed by atoms with Crippen LogP contribution in [0.25, 0.3) is 22.6 Å². The minimum Gasteiger partial charge on any atom is -0.494 e. The number of likely N-dealkylation sites (tertiary alicyclic amines) is 1. The van der Waals surface area contributed by atoms with Crippen molar-refractivity contribution in [3.05, 3.63) is 60.0 Å². The number of rotatable bonds is 9. The molecule has 1 aromatic heterocycles. The smallest absolute Gasteiger partial charge is 0.240 e. The number of benzene rings is 2. The van der Waals surface area contributed by atoms with Crippen LogP contribution in [0, 0.1) is 5.82 Å². The summed E-state index contributed by atoms with van der Waals surface area (Å²) in [5.74, 6) is 0.189. The predicted molar refractivity (Wildman–Crippen MR) is 137 cm³/mol. The van der Waals surface area contributed by atoms with E-state index in [1.165, 1.54) is 51.1 Å². The van der Waals surface area contributed by atoms with E-state index < -0.39 is 5.82 Å². The lowest BCUT2D eigenvalue weighted by Crippen LogP contribution is -2.33. The summed E-state index contributed by atoms with van der Waals surface area (Å²) in [5, 5.41) is 2.92. The Morgan fingerprint density at radius 3 is 2.49 bits per heavy atom. The molecule has 0 unspecified atom stereocenters. The third kappa shape index (κ3) is 6.48. The highest BCUT2D eigenvalue weighted by Gasteiger charge is 2.17. The standard InChI is InChI=1S/C28H35FN4O2/c1-20(2)30-27(34)19-33-18-25(31-28(33)23-11-12-24(29)26(17-23)35-3)22-9-7-21(8-10-22)13-16-32-14-5-4-6-15-32/h7-12,17-18,20H,4-6,13-16,19H2,1-3H3,(H,30,34). The normalized spacial score (nSPS) is 14.3. The van der Waals surface area contributed by atoms with Gasteiger partial charge < -0.3 is 19.5 Å². The molecule has 7 heteroatoms. The third-order valence-corrected chi connectivity index (χ3v) is 6.36. The fraction of sp³-hybridized carbons (Fsp3) is 0.429. The van der Waals surface area contributed by atoms with Gasteiger partial charge in [0.05, 0.1) is 12.8 Å². The van der Waals surface area contributed by atoms with Crippen molar-refractivity contribution in [1.29, 1.82) is 0 Å². The Bertz CT molecular complexity index is 1130. The van der Waals surface area contributed by atoms with E-state index in [0.717, 1.165) is 24.2 Å². The van der Waals surface area contributed by atoms with Gasteiger partial charge in [-0.15, -0.1) is 0 Å². The molecule has 186 valence electrons. The Morgan fingerprint density at radius 2 is 1.80 bits per heavy atom. The van der Waals surface area contributed by atoms with Crippen molar-refractivity contribution in [3.63, 3.8) is 0 Å². The second-order valence-electron chi connectivity index (χ2n) is 9.50. The second kappa shape index (κ2) is 11.5. The number of nitrogens with zero attached hydrogens (tertiary/aromatic N) is 3. The first-order chi connectivity index (χ1) is 16.9. The zero-order valence-electron chi connectivity index (χ0n) is 20.9. The van der Waals surface area contributed by atoms with Crippen molar-refractivity contribution in [3.8, 4) is 28.4 Å². The van der Waals surface area contributed by atoms with E-state index in [9.17, 15) is 9.18 Å². The molecule has 0 aliphatic carbocycles. The highest BCUT2D eigenvalue weighted by atomic mass is 19.1. The number of methoxy groups -OCH3 is 1. The maximum atomic E-state index is 14.0. The van der Waals surface area contributed by atoms with Gasteiger partial charge in [0, 0.05) is 29.9 Å². The molecular weight excluding hydrogens is 443 g/mol. The van der Waals surface area contributed by atoms with Crippen LogP contribution in [0.3, 0.4) is 0 Å². The molecule has 4 rings (SSSR count). The molecule has 6 nitrogen and oxygen atoms in total. The van der Waals surface area contributed by atoms with E-state index in [0.29, 0.717) is 11.4 Å². The molecule has 2 aromatic carbocycles. The van der Waals surface area contributed by atoms with Gasteiger partial charge in [-0.2, -0.15) is 0 Å². The van der Waals surface area contributed by atoms with Crippen LogP contribution in [0.5, 0.6) is 5.75 Å². The fourth-order valence-electron chi connectivity index (χ4n) is 4.54. The minimum atomic E-state index is -0.438. The molecule has 0 atom stereocenters. The molecule has 1 fully saturated rings. The van der Waals surface area contributed by atoms with Crippen molar-refractivity contribution in [1.82, 2.24) is 19.8 Å². The molecule has 3 aromatic rings. The maximum Gasteiger partial charge on any atom is 0.240 e. The monoisotopic (exact) mass is 478 g/mol. The third-order valence-electron chi connectivity index (χ3n) is 6.36. The van der Waals surface area contributed by atoms with Gasteiger partial charge in [0.1, 0.15) is 12.4 Å². The molecule has 0 saturated carbocycles. The van der Waals surface area contributed by atoms with Gasteiger partial charge >= 0.3 is 0 Å². The molecule has 0 bridgehead atoms. The van der Waals surface area contributed by atoms with Gasteiger partial charge in [-0.3, -0.25) is 4.79 Å². The summed E-state index contributed by atoms with van der Waals surface area (Å²) in [5.41, 5.74) is 3.73. The van der Waals surface area contributed by atoms with Crippen LogP contribution in [-0.2, 0) is 17.8 Å². The second-order valence-corrected chi connectivity index (χ2v) is 9.50. The molecule has 0 spiro atoms. The number of ether oxygens (including phenoxy) is 1. The largest absolute Gasteiger partial charge is 0.494 e. The summed E-state index contributed by atoms with van der Waals surface area (Å²) in [6.07, 6.45) is 6.88.